The average Bonchev–Trinajstić information content (AvgIpc) is 2.61. The fourth-order valence-electron chi connectivity index (χ4n) is 2.28. The molecule has 0 unspecified atom stereocenters. The van der Waals surface area contributed by atoms with E-state index in [0.717, 1.165) is 30.9 Å². The van der Waals surface area contributed by atoms with E-state index < -0.39 is 6.61 Å². The molecule has 0 saturated heterocycles. The van der Waals surface area contributed by atoms with Crippen molar-refractivity contribution in [2.24, 2.45) is 4.99 Å². The van der Waals surface area contributed by atoms with Crippen molar-refractivity contribution in [3.8, 4) is 5.75 Å². The Balaban J connectivity index is 2.29. The largest absolute Gasteiger partial charge is 0.435 e. The number of rotatable bonds is 12. The summed E-state index contributed by atoms with van der Waals surface area (Å²) in [5, 5.41) is 3.30. The molecule has 1 rings (SSSR count). The molecule has 0 aliphatic carbocycles. The molecule has 0 fully saturated rings. The summed E-state index contributed by atoms with van der Waals surface area (Å²) in [6, 6.07) is 6.60. The Bertz CT molecular complexity index is 513. The molecule has 0 bridgehead atoms. The molecule has 0 amide bonds. The van der Waals surface area contributed by atoms with Crippen LogP contribution in [0.25, 0.3) is 0 Å². The number of halogens is 2. The third-order valence-electron chi connectivity index (χ3n) is 3.57. The second kappa shape index (κ2) is 13.3. The average molecular weight is 373 g/mol. The molecular formula is C18H29F2N3O3. The molecule has 148 valence electrons. The van der Waals surface area contributed by atoms with Gasteiger partial charge in [-0.1, -0.05) is 12.1 Å². The van der Waals surface area contributed by atoms with Crippen molar-refractivity contribution in [2.75, 3.05) is 47.6 Å². The summed E-state index contributed by atoms with van der Waals surface area (Å²) in [6.07, 6.45) is 1.93. The fourth-order valence-corrected chi connectivity index (χ4v) is 2.28. The number of hydrogen-bond acceptors (Lipinski definition) is 4. The van der Waals surface area contributed by atoms with Gasteiger partial charge < -0.3 is 24.4 Å². The zero-order chi connectivity index (χ0) is 19.2. The van der Waals surface area contributed by atoms with Crippen molar-refractivity contribution in [1.29, 1.82) is 0 Å². The number of hydrogen-bond donors (Lipinski definition) is 1. The molecule has 1 aromatic carbocycles. The van der Waals surface area contributed by atoms with Gasteiger partial charge in [-0.3, -0.25) is 4.99 Å². The Hall–Kier alpha value is -1.93. The summed E-state index contributed by atoms with van der Waals surface area (Å²) in [5.74, 6) is 0.930. The Morgan fingerprint density at radius 1 is 1.15 bits per heavy atom. The quantitative estimate of drug-likeness (QED) is 0.347. The van der Waals surface area contributed by atoms with E-state index in [4.69, 9.17) is 9.47 Å². The van der Waals surface area contributed by atoms with Crippen LogP contribution in [0, 0.1) is 0 Å². The summed E-state index contributed by atoms with van der Waals surface area (Å²) in [4.78, 5) is 6.23. The molecule has 0 radical (unpaired) electrons. The minimum Gasteiger partial charge on any atom is -0.435 e. The highest BCUT2D eigenvalue weighted by Crippen LogP contribution is 2.15. The number of benzene rings is 1. The van der Waals surface area contributed by atoms with Crippen molar-refractivity contribution in [2.45, 2.75) is 26.0 Å². The van der Waals surface area contributed by atoms with Gasteiger partial charge in [-0.05, 0) is 30.5 Å². The summed E-state index contributed by atoms with van der Waals surface area (Å²) in [7, 11) is 5.31. The molecule has 0 aliphatic rings. The number of aliphatic imine (C=N–C) groups is 1. The van der Waals surface area contributed by atoms with Crippen LogP contribution in [0.4, 0.5) is 8.78 Å². The van der Waals surface area contributed by atoms with E-state index in [1.54, 1.807) is 26.3 Å². The smallest absolute Gasteiger partial charge is 0.387 e. The van der Waals surface area contributed by atoms with Gasteiger partial charge in [-0.15, -0.1) is 0 Å². The third kappa shape index (κ3) is 9.53. The zero-order valence-electron chi connectivity index (χ0n) is 15.7. The predicted octanol–water partition coefficient (Wildman–Crippen LogP) is 2.74. The van der Waals surface area contributed by atoms with Gasteiger partial charge >= 0.3 is 6.61 Å². The van der Waals surface area contributed by atoms with Gasteiger partial charge in [0.2, 0.25) is 0 Å². The predicted molar refractivity (Wildman–Crippen MR) is 97.8 cm³/mol. The van der Waals surface area contributed by atoms with Gasteiger partial charge in [-0.25, -0.2) is 0 Å². The van der Waals surface area contributed by atoms with Gasteiger partial charge in [0.05, 0.1) is 13.2 Å². The number of unbranched alkanes of at least 4 members (excludes halogenated alkanes) is 1. The Morgan fingerprint density at radius 2 is 1.88 bits per heavy atom. The maximum Gasteiger partial charge on any atom is 0.387 e. The van der Waals surface area contributed by atoms with E-state index in [1.807, 2.05) is 11.9 Å². The van der Waals surface area contributed by atoms with Crippen LogP contribution >= 0.6 is 0 Å². The number of alkyl halides is 2. The highest BCUT2D eigenvalue weighted by atomic mass is 19.3. The number of methoxy groups -OCH3 is 1. The lowest BCUT2D eigenvalue weighted by atomic mass is 10.2. The van der Waals surface area contributed by atoms with Gasteiger partial charge in [0.15, 0.2) is 5.96 Å². The maximum absolute atomic E-state index is 12.2. The third-order valence-corrected chi connectivity index (χ3v) is 3.57. The Labute approximate surface area is 154 Å². The molecular weight excluding hydrogens is 344 g/mol. The molecule has 0 spiro atoms. The number of nitrogens with one attached hydrogen (secondary N) is 1. The van der Waals surface area contributed by atoms with Crippen LogP contribution in [0.15, 0.2) is 29.3 Å². The highest BCUT2D eigenvalue weighted by molar-refractivity contribution is 5.79. The summed E-state index contributed by atoms with van der Waals surface area (Å²) in [5.41, 5.74) is 0.976. The Morgan fingerprint density at radius 3 is 2.50 bits per heavy atom. The number of ether oxygens (including phenoxy) is 3. The second-order valence-corrected chi connectivity index (χ2v) is 5.66. The van der Waals surface area contributed by atoms with Crippen molar-refractivity contribution in [1.82, 2.24) is 10.2 Å². The summed E-state index contributed by atoms with van der Waals surface area (Å²) >= 11 is 0. The molecule has 0 aromatic heterocycles. The Kier molecular flexibility index (Phi) is 11.3. The van der Waals surface area contributed by atoms with Crippen LogP contribution < -0.4 is 10.1 Å². The lowest BCUT2D eigenvalue weighted by molar-refractivity contribution is -0.0498. The highest BCUT2D eigenvalue weighted by Gasteiger charge is 2.08. The van der Waals surface area contributed by atoms with Crippen molar-refractivity contribution in [3.05, 3.63) is 29.8 Å². The topological polar surface area (TPSA) is 55.3 Å². The first-order chi connectivity index (χ1) is 12.6. The van der Waals surface area contributed by atoms with E-state index >= 15 is 0 Å². The molecule has 0 heterocycles. The molecule has 0 aliphatic heterocycles. The van der Waals surface area contributed by atoms with E-state index in [9.17, 15) is 8.78 Å². The number of guanidine groups is 1. The first kappa shape index (κ1) is 22.1. The fraction of sp³-hybridized carbons (Fsp3) is 0.611. The van der Waals surface area contributed by atoms with Crippen LogP contribution in [-0.4, -0.2) is 65.0 Å². The molecule has 26 heavy (non-hydrogen) atoms. The first-order valence-electron chi connectivity index (χ1n) is 8.59. The van der Waals surface area contributed by atoms with Gasteiger partial charge in [0.1, 0.15) is 5.75 Å². The van der Waals surface area contributed by atoms with E-state index in [-0.39, 0.29) is 5.75 Å². The van der Waals surface area contributed by atoms with Crippen molar-refractivity contribution < 1.29 is 23.0 Å². The van der Waals surface area contributed by atoms with Gasteiger partial charge in [0.25, 0.3) is 0 Å². The monoisotopic (exact) mass is 373 g/mol. The van der Waals surface area contributed by atoms with E-state index in [0.29, 0.717) is 26.4 Å². The van der Waals surface area contributed by atoms with Crippen molar-refractivity contribution >= 4 is 5.96 Å². The molecule has 0 saturated carbocycles. The first-order valence-corrected chi connectivity index (χ1v) is 8.59. The standard InChI is InChI=1S/C18H29F2N3O3/c1-21-18(22-10-4-5-11-25-13-12-24-3)23(2)14-15-6-8-16(9-7-15)26-17(19)20/h6-9,17H,4-5,10-14H2,1-3H3,(H,21,22). The van der Waals surface area contributed by atoms with Crippen LogP contribution in [0.3, 0.4) is 0 Å². The van der Waals surface area contributed by atoms with Crippen LogP contribution in [0.1, 0.15) is 18.4 Å². The molecule has 6 nitrogen and oxygen atoms in total. The van der Waals surface area contributed by atoms with Crippen molar-refractivity contribution in [3.63, 3.8) is 0 Å². The zero-order valence-corrected chi connectivity index (χ0v) is 15.7. The van der Waals surface area contributed by atoms with Crippen LogP contribution in [0.5, 0.6) is 5.75 Å². The lowest BCUT2D eigenvalue weighted by Crippen LogP contribution is -2.38. The minimum absolute atomic E-state index is 0.154. The summed E-state index contributed by atoms with van der Waals surface area (Å²) in [6.45, 7) is 0.546. The van der Waals surface area contributed by atoms with Crippen LogP contribution in [-0.2, 0) is 16.0 Å². The van der Waals surface area contributed by atoms with Crippen LogP contribution in [0.2, 0.25) is 0 Å². The molecule has 1 aromatic rings. The number of nitrogens with zero attached hydrogens (tertiary/aromatic N) is 2. The van der Waals surface area contributed by atoms with Gasteiger partial charge in [-0.2, -0.15) is 8.78 Å². The molecule has 8 heteroatoms. The molecule has 1 N–H and O–H groups in total. The van der Waals surface area contributed by atoms with Gasteiger partial charge in [0, 0.05) is 40.9 Å². The molecule has 0 atom stereocenters. The normalized spacial score (nSPS) is 11.7. The SMILES string of the molecule is CN=C(NCCCCOCCOC)N(C)Cc1ccc(OC(F)F)cc1. The second-order valence-electron chi connectivity index (χ2n) is 5.66. The van der Waals surface area contributed by atoms with E-state index in [2.05, 4.69) is 15.0 Å². The minimum atomic E-state index is -2.81. The van der Waals surface area contributed by atoms with E-state index in [1.165, 1.54) is 12.1 Å². The lowest BCUT2D eigenvalue weighted by Gasteiger charge is -2.22. The maximum atomic E-state index is 12.2. The summed E-state index contributed by atoms with van der Waals surface area (Å²) < 4.78 is 39.0.